The maximum absolute atomic E-state index is 12.1. The molecule has 98 valence electrons. The quantitative estimate of drug-likeness (QED) is 0.862. The van der Waals surface area contributed by atoms with Crippen LogP contribution in [0.3, 0.4) is 0 Å². The summed E-state index contributed by atoms with van der Waals surface area (Å²) in [5.74, 6) is -0.0830. The van der Waals surface area contributed by atoms with Crippen LogP contribution in [0.1, 0.15) is 22.8 Å². The van der Waals surface area contributed by atoms with Gasteiger partial charge in [0.25, 0.3) is 5.91 Å². The number of rotatable bonds is 5. The first-order valence-corrected chi connectivity index (χ1v) is 6.31. The number of para-hydroxylation sites is 1. The zero-order valence-corrected chi connectivity index (χ0v) is 10.9. The van der Waals surface area contributed by atoms with Gasteiger partial charge in [0.1, 0.15) is 0 Å². The van der Waals surface area contributed by atoms with Crippen molar-refractivity contribution in [2.45, 2.75) is 13.5 Å². The van der Waals surface area contributed by atoms with E-state index >= 15 is 0 Å². The molecule has 0 saturated heterocycles. The molecule has 0 aliphatic heterocycles. The summed E-state index contributed by atoms with van der Waals surface area (Å²) in [6.07, 6.45) is 3.46. The van der Waals surface area contributed by atoms with Crippen LogP contribution in [0.25, 0.3) is 0 Å². The number of hydrogen-bond donors (Lipinski definition) is 2. The van der Waals surface area contributed by atoms with Crippen LogP contribution >= 0.6 is 0 Å². The van der Waals surface area contributed by atoms with E-state index in [1.54, 1.807) is 12.4 Å². The average Bonchev–Trinajstić information content (AvgIpc) is 2.47. The van der Waals surface area contributed by atoms with Gasteiger partial charge in [-0.05, 0) is 30.7 Å². The second kappa shape index (κ2) is 6.54. The Hall–Kier alpha value is -2.36. The minimum Gasteiger partial charge on any atom is -0.385 e. The summed E-state index contributed by atoms with van der Waals surface area (Å²) in [5.41, 5.74) is 2.50. The highest BCUT2D eigenvalue weighted by Gasteiger charge is 2.09. The summed E-state index contributed by atoms with van der Waals surface area (Å²) in [6, 6.07) is 11.3. The third kappa shape index (κ3) is 3.55. The predicted octanol–water partition coefficient (Wildman–Crippen LogP) is 2.44. The van der Waals surface area contributed by atoms with E-state index in [4.69, 9.17) is 0 Å². The van der Waals surface area contributed by atoms with Gasteiger partial charge in [0.2, 0.25) is 0 Å². The Bertz CT molecular complexity index is 540. The number of amides is 1. The number of hydrogen-bond acceptors (Lipinski definition) is 3. The molecule has 0 bridgehead atoms. The number of benzene rings is 1. The van der Waals surface area contributed by atoms with Gasteiger partial charge in [0.05, 0.1) is 5.56 Å². The highest BCUT2D eigenvalue weighted by Crippen LogP contribution is 2.14. The lowest BCUT2D eigenvalue weighted by Gasteiger charge is -2.10. The molecule has 0 saturated carbocycles. The second-order valence-corrected chi connectivity index (χ2v) is 4.12. The molecular weight excluding hydrogens is 238 g/mol. The molecule has 0 aliphatic rings. The van der Waals surface area contributed by atoms with Crippen molar-refractivity contribution in [3.8, 4) is 0 Å². The van der Waals surface area contributed by atoms with E-state index in [1.807, 2.05) is 43.3 Å². The van der Waals surface area contributed by atoms with Gasteiger partial charge in [0, 0.05) is 31.2 Å². The van der Waals surface area contributed by atoms with Crippen molar-refractivity contribution in [2.75, 3.05) is 11.9 Å². The lowest BCUT2D eigenvalue weighted by molar-refractivity contribution is 0.0951. The van der Waals surface area contributed by atoms with Crippen LogP contribution in [-0.2, 0) is 6.54 Å². The first kappa shape index (κ1) is 13.1. The van der Waals surface area contributed by atoms with Crippen LogP contribution in [0.15, 0.2) is 48.8 Å². The van der Waals surface area contributed by atoms with Crippen LogP contribution in [0, 0.1) is 0 Å². The van der Waals surface area contributed by atoms with E-state index < -0.39 is 0 Å². The molecule has 4 nitrogen and oxygen atoms in total. The van der Waals surface area contributed by atoms with Gasteiger partial charge in [-0.3, -0.25) is 9.78 Å². The molecule has 1 amide bonds. The Balaban J connectivity index is 2.04. The minimum absolute atomic E-state index is 0.0830. The molecule has 2 rings (SSSR count). The number of anilines is 1. The molecule has 1 heterocycles. The normalized spacial score (nSPS) is 9.95. The zero-order chi connectivity index (χ0) is 13.5. The molecular formula is C15H17N3O. The largest absolute Gasteiger partial charge is 0.385 e. The smallest absolute Gasteiger partial charge is 0.253 e. The van der Waals surface area contributed by atoms with Crippen LogP contribution in [0.4, 0.5) is 5.69 Å². The van der Waals surface area contributed by atoms with E-state index in [0.717, 1.165) is 17.8 Å². The Kier molecular flexibility index (Phi) is 4.50. The molecule has 0 radical (unpaired) electrons. The summed E-state index contributed by atoms with van der Waals surface area (Å²) in [7, 11) is 0. The molecule has 1 aromatic carbocycles. The molecule has 0 unspecified atom stereocenters. The number of nitrogens with zero attached hydrogens (tertiary/aromatic N) is 1. The highest BCUT2D eigenvalue weighted by molar-refractivity contribution is 5.99. The van der Waals surface area contributed by atoms with E-state index in [9.17, 15) is 4.79 Å². The fraction of sp³-hybridized carbons (Fsp3) is 0.200. The summed E-state index contributed by atoms with van der Waals surface area (Å²) >= 11 is 0. The lowest BCUT2D eigenvalue weighted by atomic mass is 10.1. The molecule has 0 atom stereocenters. The Morgan fingerprint density at radius 3 is 2.79 bits per heavy atom. The molecule has 2 N–H and O–H groups in total. The van der Waals surface area contributed by atoms with Crippen LogP contribution in [0.5, 0.6) is 0 Å². The standard InChI is InChI=1S/C15H17N3O/c1-2-17-14-8-4-3-7-13(14)15(19)18-11-12-6-5-9-16-10-12/h3-10,17H,2,11H2,1H3,(H,18,19). The van der Waals surface area contributed by atoms with Crippen molar-refractivity contribution >= 4 is 11.6 Å². The molecule has 0 fully saturated rings. The van der Waals surface area contributed by atoms with E-state index in [2.05, 4.69) is 15.6 Å². The van der Waals surface area contributed by atoms with E-state index in [1.165, 1.54) is 0 Å². The van der Waals surface area contributed by atoms with Crippen molar-refractivity contribution in [3.63, 3.8) is 0 Å². The SMILES string of the molecule is CCNc1ccccc1C(=O)NCc1cccnc1. The van der Waals surface area contributed by atoms with E-state index in [-0.39, 0.29) is 5.91 Å². The molecule has 1 aromatic heterocycles. The number of aromatic nitrogens is 1. The van der Waals surface area contributed by atoms with Gasteiger partial charge in [0.15, 0.2) is 0 Å². The predicted molar refractivity (Wildman–Crippen MR) is 76.0 cm³/mol. The minimum atomic E-state index is -0.0830. The maximum Gasteiger partial charge on any atom is 0.253 e. The third-order valence-corrected chi connectivity index (χ3v) is 2.71. The van der Waals surface area contributed by atoms with Gasteiger partial charge in [-0.2, -0.15) is 0 Å². The topological polar surface area (TPSA) is 54.0 Å². The highest BCUT2D eigenvalue weighted by atomic mass is 16.1. The molecule has 4 heteroatoms. The fourth-order valence-corrected chi connectivity index (χ4v) is 1.81. The van der Waals surface area contributed by atoms with Crippen molar-refractivity contribution < 1.29 is 4.79 Å². The average molecular weight is 255 g/mol. The first-order chi connectivity index (χ1) is 9.31. The molecule has 0 spiro atoms. The molecule has 19 heavy (non-hydrogen) atoms. The molecule has 0 aliphatic carbocycles. The monoisotopic (exact) mass is 255 g/mol. The summed E-state index contributed by atoms with van der Waals surface area (Å²) in [5, 5.41) is 6.08. The third-order valence-electron chi connectivity index (χ3n) is 2.71. The Morgan fingerprint density at radius 1 is 1.21 bits per heavy atom. The zero-order valence-electron chi connectivity index (χ0n) is 10.9. The maximum atomic E-state index is 12.1. The van der Waals surface area contributed by atoms with Gasteiger partial charge < -0.3 is 10.6 Å². The van der Waals surface area contributed by atoms with E-state index in [0.29, 0.717) is 12.1 Å². The van der Waals surface area contributed by atoms with Gasteiger partial charge in [-0.1, -0.05) is 18.2 Å². The van der Waals surface area contributed by atoms with Crippen molar-refractivity contribution in [1.82, 2.24) is 10.3 Å². The Labute approximate surface area is 112 Å². The second-order valence-electron chi connectivity index (χ2n) is 4.12. The summed E-state index contributed by atoms with van der Waals surface area (Å²) in [6.45, 7) is 3.27. The summed E-state index contributed by atoms with van der Waals surface area (Å²) in [4.78, 5) is 16.2. The van der Waals surface area contributed by atoms with Crippen LogP contribution in [0.2, 0.25) is 0 Å². The summed E-state index contributed by atoms with van der Waals surface area (Å²) < 4.78 is 0. The number of nitrogens with one attached hydrogen (secondary N) is 2. The van der Waals surface area contributed by atoms with Crippen LogP contribution in [-0.4, -0.2) is 17.4 Å². The van der Waals surface area contributed by atoms with Crippen molar-refractivity contribution in [1.29, 1.82) is 0 Å². The lowest BCUT2D eigenvalue weighted by Crippen LogP contribution is -2.24. The van der Waals surface area contributed by atoms with Gasteiger partial charge >= 0.3 is 0 Å². The first-order valence-electron chi connectivity index (χ1n) is 6.31. The number of carbonyl (C=O) groups excluding carboxylic acids is 1. The van der Waals surface area contributed by atoms with Crippen molar-refractivity contribution in [2.24, 2.45) is 0 Å². The van der Waals surface area contributed by atoms with Gasteiger partial charge in [-0.25, -0.2) is 0 Å². The van der Waals surface area contributed by atoms with Crippen LogP contribution < -0.4 is 10.6 Å². The van der Waals surface area contributed by atoms with Crippen molar-refractivity contribution in [3.05, 3.63) is 59.9 Å². The molecule has 2 aromatic rings. The fourth-order valence-electron chi connectivity index (χ4n) is 1.81. The number of carbonyl (C=O) groups is 1. The number of pyridine rings is 1. The van der Waals surface area contributed by atoms with Gasteiger partial charge in [-0.15, -0.1) is 0 Å². The Morgan fingerprint density at radius 2 is 2.05 bits per heavy atom.